The molecule has 0 aliphatic rings. The Morgan fingerprint density at radius 2 is 2.31 bits per heavy atom. The Bertz CT molecular complexity index is 498. The summed E-state index contributed by atoms with van der Waals surface area (Å²) >= 11 is 2.98. The average Bonchev–Trinajstić information content (AvgIpc) is 2.81. The van der Waals surface area contributed by atoms with E-state index in [0.29, 0.717) is 5.56 Å². The third-order valence-corrected chi connectivity index (χ3v) is 3.56. The molecule has 2 heterocycles. The second-order valence-electron chi connectivity index (χ2n) is 2.77. The van der Waals surface area contributed by atoms with Crippen molar-refractivity contribution in [1.29, 1.82) is 0 Å². The van der Waals surface area contributed by atoms with Crippen LogP contribution in [0, 0.1) is 0 Å². The summed E-state index contributed by atoms with van der Waals surface area (Å²) < 4.78 is 0.907. The van der Waals surface area contributed by atoms with Crippen molar-refractivity contribution in [3.05, 3.63) is 35.5 Å². The lowest BCUT2D eigenvalue weighted by Gasteiger charge is -2.00. The molecule has 0 spiro atoms. The van der Waals surface area contributed by atoms with Crippen LogP contribution in [0.15, 0.2) is 44.4 Å². The van der Waals surface area contributed by atoms with Crippen LogP contribution in [0.2, 0.25) is 0 Å². The lowest BCUT2D eigenvalue weighted by Crippen LogP contribution is -2.13. The second kappa shape index (κ2) is 4.95. The molecule has 0 aliphatic carbocycles. The van der Waals surface area contributed by atoms with E-state index in [1.807, 2.05) is 5.38 Å². The fourth-order valence-electron chi connectivity index (χ4n) is 1.03. The standard InChI is InChI=1S/C9H8N4OS2/c10-8(13-14)6-1-2-11-7(5-6)16-9-12-3-4-15-9/h1-5,14H,(H2,10,13). The number of thiazole rings is 1. The lowest BCUT2D eigenvalue weighted by molar-refractivity contribution is 0.318. The molecule has 2 aromatic heterocycles. The first-order valence-electron chi connectivity index (χ1n) is 4.31. The summed E-state index contributed by atoms with van der Waals surface area (Å²) in [6.45, 7) is 0. The molecule has 0 saturated heterocycles. The number of rotatable bonds is 3. The third-order valence-electron chi connectivity index (χ3n) is 1.74. The first-order chi connectivity index (χ1) is 7.79. The number of aromatic nitrogens is 2. The van der Waals surface area contributed by atoms with Gasteiger partial charge in [0.05, 0.1) is 0 Å². The number of nitrogens with two attached hydrogens (primary N) is 1. The van der Waals surface area contributed by atoms with E-state index < -0.39 is 0 Å². The van der Waals surface area contributed by atoms with Gasteiger partial charge in [-0.3, -0.25) is 0 Å². The Morgan fingerprint density at radius 3 is 3.00 bits per heavy atom. The summed E-state index contributed by atoms with van der Waals surface area (Å²) in [4.78, 5) is 8.31. The van der Waals surface area contributed by atoms with Gasteiger partial charge in [-0.2, -0.15) is 0 Å². The summed E-state index contributed by atoms with van der Waals surface area (Å²) in [5.41, 5.74) is 6.12. The molecule has 7 heteroatoms. The lowest BCUT2D eigenvalue weighted by atomic mass is 10.2. The van der Waals surface area contributed by atoms with Crippen LogP contribution in [0.25, 0.3) is 0 Å². The van der Waals surface area contributed by atoms with Gasteiger partial charge in [-0.05, 0) is 23.9 Å². The summed E-state index contributed by atoms with van der Waals surface area (Å²) in [5.74, 6) is 0.0726. The summed E-state index contributed by atoms with van der Waals surface area (Å²) in [7, 11) is 0. The zero-order chi connectivity index (χ0) is 11.4. The van der Waals surface area contributed by atoms with Crippen molar-refractivity contribution < 1.29 is 5.21 Å². The number of amidine groups is 1. The molecule has 0 bridgehead atoms. The average molecular weight is 252 g/mol. The van der Waals surface area contributed by atoms with Gasteiger partial charge in [0.2, 0.25) is 0 Å². The topological polar surface area (TPSA) is 84.4 Å². The van der Waals surface area contributed by atoms with E-state index in [0.717, 1.165) is 9.37 Å². The first kappa shape index (κ1) is 10.9. The van der Waals surface area contributed by atoms with Gasteiger partial charge in [0.1, 0.15) is 5.03 Å². The summed E-state index contributed by atoms with van der Waals surface area (Å²) in [6, 6.07) is 3.43. The molecule has 0 saturated carbocycles. The number of oxime groups is 1. The Hall–Kier alpha value is -1.60. The van der Waals surface area contributed by atoms with Crippen LogP contribution in [0.4, 0.5) is 0 Å². The van der Waals surface area contributed by atoms with Crippen molar-refractivity contribution in [1.82, 2.24) is 9.97 Å². The molecule has 5 nitrogen and oxygen atoms in total. The van der Waals surface area contributed by atoms with Gasteiger partial charge < -0.3 is 10.9 Å². The molecule has 0 fully saturated rings. The van der Waals surface area contributed by atoms with Crippen LogP contribution in [0.1, 0.15) is 5.56 Å². The molecule has 0 atom stereocenters. The molecule has 0 radical (unpaired) electrons. The van der Waals surface area contributed by atoms with Gasteiger partial charge >= 0.3 is 0 Å². The number of pyridine rings is 1. The Kier molecular flexibility index (Phi) is 3.37. The van der Waals surface area contributed by atoms with Crippen LogP contribution in [-0.4, -0.2) is 21.0 Å². The molecule has 2 rings (SSSR count). The highest BCUT2D eigenvalue weighted by molar-refractivity contribution is 8.00. The predicted octanol–water partition coefficient (Wildman–Crippen LogP) is 1.78. The van der Waals surface area contributed by atoms with Crippen LogP contribution in [0.5, 0.6) is 0 Å². The van der Waals surface area contributed by atoms with Gasteiger partial charge in [-0.15, -0.1) is 11.3 Å². The predicted molar refractivity (Wildman–Crippen MR) is 63.0 cm³/mol. The fraction of sp³-hybridized carbons (Fsp3) is 0. The molecule has 0 aliphatic heterocycles. The van der Waals surface area contributed by atoms with E-state index in [1.165, 1.54) is 23.1 Å². The van der Waals surface area contributed by atoms with Gasteiger partial charge in [-0.1, -0.05) is 5.16 Å². The van der Waals surface area contributed by atoms with Crippen LogP contribution < -0.4 is 5.73 Å². The van der Waals surface area contributed by atoms with Gasteiger partial charge in [0, 0.05) is 23.3 Å². The molecule has 82 valence electrons. The molecular weight excluding hydrogens is 244 g/mol. The van der Waals surface area contributed by atoms with E-state index in [2.05, 4.69) is 15.1 Å². The minimum atomic E-state index is 0.0726. The third kappa shape index (κ3) is 2.50. The monoisotopic (exact) mass is 252 g/mol. The fourth-order valence-corrected chi connectivity index (χ4v) is 2.60. The van der Waals surface area contributed by atoms with Crippen molar-refractivity contribution in [3.8, 4) is 0 Å². The van der Waals surface area contributed by atoms with Crippen molar-refractivity contribution in [2.24, 2.45) is 10.9 Å². The highest BCUT2D eigenvalue weighted by Gasteiger charge is 2.04. The number of nitrogens with zero attached hydrogens (tertiary/aromatic N) is 3. The molecular formula is C9H8N4OS2. The quantitative estimate of drug-likeness (QED) is 0.376. The minimum Gasteiger partial charge on any atom is -0.409 e. The van der Waals surface area contributed by atoms with Crippen LogP contribution >= 0.6 is 23.1 Å². The largest absolute Gasteiger partial charge is 0.409 e. The van der Waals surface area contributed by atoms with E-state index in [1.54, 1.807) is 24.5 Å². The molecule has 3 N–H and O–H groups in total. The maximum Gasteiger partial charge on any atom is 0.170 e. The molecule has 0 aromatic carbocycles. The zero-order valence-corrected chi connectivity index (χ0v) is 9.70. The van der Waals surface area contributed by atoms with E-state index in [4.69, 9.17) is 10.9 Å². The Labute approximate surface area is 100 Å². The molecule has 0 amide bonds. The molecule has 0 unspecified atom stereocenters. The maximum atomic E-state index is 8.56. The smallest absolute Gasteiger partial charge is 0.170 e. The van der Waals surface area contributed by atoms with Gasteiger partial charge in [0.25, 0.3) is 0 Å². The highest BCUT2D eigenvalue weighted by atomic mass is 32.2. The SMILES string of the molecule is NC(=NO)c1ccnc(Sc2nccs2)c1. The van der Waals surface area contributed by atoms with E-state index in [9.17, 15) is 0 Å². The first-order valence-corrected chi connectivity index (χ1v) is 6.00. The summed E-state index contributed by atoms with van der Waals surface area (Å²) in [6.07, 6.45) is 3.35. The minimum absolute atomic E-state index is 0.0726. The van der Waals surface area contributed by atoms with Gasteiger partial charge in [0.15, 0.2) is 10.2 Å². The van der Waals surface area contributed by atoms with Crippen molar-refractivity contribution in [3.63, 3.8) is 0 Å². The van der Waals surface area contributed by atoms with Gasteiger partial charge in [-0.25, -0.2) is 9.97 Å². The molecule has 2 aromatic rings. The highest BCUT2D eigenvalue weighted by Crippen LogP contribution is 2.27. The Balaban J connectivity index is 2.23. The van der Waals surface area contributed by atoms with E-state index >= 15 is 0 Å². The van der Waals surface area contributed by atoms with Crippen molar-refractivity contribution >= 4 is 28.9 Å². The Morgan fingerprint density at radius 1 is 1.44 bits per heavy atom. The van der Waals surface area contributed by atoms with Crippen molar-refractivity contribution in [2.45, 2.75) is 9.37 Å². The summed E-state index contributed by atoms with van der Waals surface area (Å²) in [5, 5.41) is 14.2. The number of hydrogen-bond acceptors (Lipinski definition) is 6. The molecule has 16 heavy (non-hydrogen) atoms. The van der Waals surface area contributed by atoms with Crippen LogP contribution in [-0.2, 0) is 0 Å². The number of hydrogen-bond donors (Lipinski definition) is 2. The van der Waals surface area contributed by atoms with Crippen molar-refractivity contribution in [2.75, 3.05) is 0 Å². The van der Waals surface area contributed by atoms with Crippen LogP contribution in [0.3, 0.4) is 0 Å². The van der Waals surface area contributed by atoms with E-state index in [-0.39, 0.29) is 5.84 Å². The zero-order valence-electron chi connectivity index (χ0n) is 8.07. The normalized spacial score (nSPS) is 11.6. The maximum absolute atomic E-state index is 8.56. The second-order valence-corrected chi connectivity index (χ2v) is 4.93.